The van der Waals surface area contributed by atoms with Crippen molar-refractivity contribution in [1.82, 2.24) is 14.4 Å². The van der Waals surface area contributed by atoms with Crippen molar-refractivity contribution in [2.24, 2.45) is 5.92 Å². The Morgan fingerprint density at radius 3 is 2.59 bits per heavy atom. The van der Waals surface area contributed by atoms with Crippen molar-refractivity contribution >= 4 is 21.8 Å². The molecule has 29 heavy (non-hydrogen) atoms. The Bertz CT molecular complexity index is 1040. The molecule has 4 nitrogen and oxygen atoms in total. The highest BCUT2D eigenvalue weighted by atomic mass is 16.5. The zero-order chi connectivity index (χ0) is 19.8. The lowest BCUT2D eigenvalue weighted by atomic mass is 9.84. The molecule has 4 heteroatoms. The van der Waals surface area contributed by atoms with Crippen LogP contribution in [0.5, 0.6) is 5.75 Å². The maximum atomic E-state index is 6.18. The zero-order valence-corrected chi connectivity index (χ0v) is 17.6. The zero-order valence-electron chi connectivity index (χ0n) is 17.6. The van der Waals surface area contributed by atoms with Crippen molar-refractivity contribution in [2.45, 2.75) is 19.4 Å². The average Bonchev–Trinajstić information content (AvgIpc) is 3.06. The van der Waals surface area contributed by atoms with Crippen molar-refractivity contribution < 1.29 is 4.74 Å². The normalized spacial score (nSPS) is 22.9. The molecule has 0 amide bonds. The van der Waals surface area contributed by atoms with Crippen LogP contribution in [0.25, 0.3) is 21.8 Å². The van der Waals surface area contributed by atoms with E-state index >= 15 is 0 Å². The van der Waals surface area contributed by atoms with Crippen LogP contribution in [0, 0.1) is 5.92 Å². The van der Waals surface area contributed by atoms with Crippen LogP contribution in [0.3, 0.4) is 0 Å². The first kappa shape index (κ1) is 18.7. The summed E-state index contributed by atoms with van der Waals surface area (Å²) < 4.78 is 8.62. The number of hydrogen-bond donors (Lipinski definition) is 0. The van der Waals surface area contributed by atoms with Crippen LogP contribution in [-0.4, -0.2) is 61.2 Å². The number of para-hydroxylation sites is 1. The average molecular weight is 390 g/mol. The molecule has 0 radical (unpaired) electrons. The monoisotopic (exact) mass is 389 g/mol. The topological polar surface area (TPSA) is 20.6 Å². The summed E-state index contributed by atoms with van der Waals surface area (Å²) in [6, 6.07) is 15.3. The van der Waals surface area contributed by atoms with Gasteiger partial charge in [-0.15, -0.1) is 0 Å². The molecule has 0 N–H and O–H groups in total. The third kappa shape index (κ3) is 3.67. The maximum Gasteiger partial charge on any atom is 0.121 e. The van der Waals surface area contributed by atoms with Gasteiger partial charge in [-0.3, -0.25) is 4.90 Å². The molecule has 2 aromatic carbocycles. The summed E-state index contributed by atoms with van der Waals surface area (Å²) in [6.45, 7) is 6.36. The number of piperidine rings is 3. The van der Waals surface area contributed by atoms with E-state index in [0.717, 1.165) is 31.3 Å². The Labute approximate surface area is 173 Å². The molecule has 4 heterocycles. The molecule has 3 fully saturated rings. The Balaban J connectivity index is 1.40. The van der Waals surface area contributed by atoms with Crippen LogP contribution in [0.1, 0.15) is 12.8 Å². The van der Waals surface area contributed by atoms with Crippen LogP contribution in [-0.2, 0) is 6.54 Å². The summed E-state index contributed by atoms with van der Waals surface area (Å²) in [5.74, 6) is 1.75. The van der Waals surface area contributed by atoms with Gasteiger partial charge in [0.05, 0.1) is 5.52 Å². The van der Waals surface area contributed by atoms with Crippen LogP contribution >= 0.6 is 0 Å². The number of hydrogen-bond acceptors (Lipinski definition) is 3. The summed E-state index contributed by atoms with van der Waals surface area (Å²) in [5.41, 5.74) is 4.15. The quantitative estimate of drug-likeness (QED) is 0.584. The fourth-order valence-corrected chi connectivity index (χ4v) is 4.99. The fraction of sp³-hybridized carbons (Fsp3) is 0.440. The first-order valence-corrected chi connectivity index (χ1v) is 10.9. The summed E-state index contributed by atoms with van der Waals surface area (Å²) in [5, 5.41) is 2.63. The highest BCUT2D eigenvalue weighted by Gasteiger charge is 2.28. The van der Waals surface area contributed by atoms with Gasteiger partial charge in [-0.05, 0) is 70.2 Å². The molecular weight excluding hydrogens is 358 g/mol. The summed E-state index contributed by atoms with van der Waals surface area (Å²) >= 11 is 0. The Kier molecular flexibility index (Phi) is 5.06. The Morgan fingerprint density at radius 2 is 1.83 bits per heavy atom. The van der Waals surface area contributed by atoms with Gasteiger partial charge in [0.2, 0.25) is 0 Å². The second-order valence-corrected chi connectivity index (χ2v) is 8.79. The minimum Gasteiger partial charge on any atom is -0.489 e. The molecule has 0 atom stereocenters. The van der Waals surface area contributed by atoms with E-state index in [2.05, 4.69) is 77.0 Å². The minimum absolute atomic E-state index is 0.670. The first-order chi connectivity index (χ1) is 14.2. The molecule has 2 bridgehead atoms. The van der Waals surface area contributed by atoms with Gasteiger partial charge in [0.15, 0.2) is 0 Å². The van der Waals surface area contributed by atoms with Gasteiger partial charge in [-0.1, -0.05) is 23.8 Å². The highest BCUT2D eigenvalue weighted by molar-refractivity contribution is 6.08. The largest absolute Gasteiger partial charge is 0.489 e. The van der Waals surface area contributed by atoms with E-state index in [0.29, 0.717) is 6.61 Å². The molecule has 3 saturated heterocycles. The number of aromatic nitrogens is 1. The van der Waals surface area contributed by atoms with Crippen molar-refractivity contribution in [2.75, 3.05) is 46.9 Å². The lowest BCUT2D eigenvalue weighted by Crippen LogP contribution is -2.43. The van der Waals surface area contributed by atoms with Gasteiger partial charge >= 0.3 is 0 Å². The predicted molar refractivity (Wildman–Crippen MR) is 121 cm³/mol. The second-order valence-electron chi connectivity index (χ2n) is 8.79. The van der Waals surface area contributed by atoms with Gasteiger partial charge in [0.1, 0.15) is 12.4 Å². The molecule has 0 aliphatic carbocycles. The predicted octanol–water partition coefficient (Wildman–Crippen LogP) is 4.39. The van der Waals surface area contributed by atoms with E-state index < -0.39 is 0 Å². The molecule has 0 saturated carbocycles. The van der Waals surface area contributed by atoms with Crippen LogP contribution in [0.4, 0.5) is 0 Å². The first-order valence-electron chi connectivity index (χ1n) is 10.9. The van der Waals surface area contributed by atoms with E-state index in [-0.39, 0.29) is 0 Å². The van der Waals surface area contributed by atoms with Crippen LogP contribution in [0.15, 0.2) is 54.1 Å². The van der Waals surface area contributed by atoms with E-state index in [4.69, 9.17) is 4.74 Å². The van der Waals surface area contributed by atoms with E-state index in [9.17, 15) is 0 Å². The fourth-order valence-electron chi connectivity index (χ4n) is 4.99. The minimum atomic E-state index is 0.670. The molecule has 3 aromatic rings. The standard InChI is InChI=1S/C25H31N3O/c1-26(2)14-15-28-24-6-4-3-5-22(24)23-8-7-21(17-25(23)28)29-16-11-20-18-27-12-9-19(20)10-13-27/h3-8,11,17,19H,9-10,12-16,18H2,1-2H3/b20-11+. The molecule has 0 spiro atoms. The number of nitrogens with zero attached hydrogens (tertiary/aromatic N) is 3. The lowest BCUT2D eigenvalue weighted by molar-refractivity contribution is 0.160. The lowest BCUT2D eigenvalue weighted by Gasteiger charge is -2.41. The summed E-state index contributed by atoms with van der Waals surface area (Å²) in [4.78, 5) is 4.81. The third-order valence-electron chi connectivity index (χ3n) is 6.63. The van der Waals surface area contributed by atoms with E-state index in [1.165, 1.54) is 47.7 Å². The summed E-state index contributed by atoms with van der Waals surface area (Å²) in [6.07, 6.45) is 4.98. The smallest absolute Gasteiger partial charge is 0.121 e. The van der Waals surface area contributed by atoms with Crippen molar-refractivity contribution in [3.05, 3.63) is 54.1 Å². The molecule has 3 aliphatic rings. The number of likely N-dealkylation sites (N-methyl/N-ethyl adjacent to an activating group) is 1. The van der Waals surface area contributed by atoms with E-state index in [1.54, 1.807) is 5.57 Å². The number of rotatable bonds is 6. The number of ether oxygens (including phenoxy) is 1. The van der Waals surface area contributed by atoms with Crippen molar-refractivity contribution in [3.63, 3.8) is 0 Å². The van der Waals surface area contributed by atoms with Gasteiger partial charge in [-0.2, -0.15) is 0 Å². The molecule has 0 unspecified atom stereocenters. The third-order valence-corrected chi connectivity index (χ3v) is 6.63. The van der Waals surface area contributed by atoms with Gasteiger partial charge < -0.3 is 14.2 Å². The molecule has 152 valence electrons. The maximum absolute atomic E-state index is 6.18. The Morgan fingerprint density at radius 1 is 1.03 bits per heavy atom. The van der Waals surface area contributed by atoms with Crippen LogP contribution in [0.2, 0.25) is 0 Å². The number of fused-ring (bicyclic) bond motifs is 6. The second kappa shape index (κ2) is 7.85. The van der Waals surface area contributed by atoms with Crippen molar-refractivity contribution in [3.8, 4) is 5.75 Å². The molecule has 6 rings (SSSR count). The van der Waals surface area contributed by atoms with Crippen LogP contribution < -0.4 is 4.74 Å². The molecular formula is C25H31N3O. The molecule has 3 aliphatic heterocycles. The van der Waals surface area contributed by atoms with Gasteiger partial charge in [0.25, 0.3) is 0 Å². The number of benzene rings is 2. The SMILES string of the molecule is CN(C)CCn1c2ccccc2c2ccc(OC/C=C3\CN4CCC3CC4)cc21. The highest BCUT2D eigenvalue weighted by Crippen LogP contribution is 2.33. The Hall–Kier alpha value is -2.30. The molecule has 1 aromatic heterocycles. The van der Waals surface area contributed by atoms with Gasteiger partial charge in [-0.25, -0.2) is 0 Å². The van der Waals surface area contributed by atoms with Gasteiger partial charge in [0, 0.05) is 42.0 Å². The van der Waals surface area contributed by atoms with Crippen molar-refractivity contribution in [1.29, 1.82) is 0 Å². The van der Waals surface area contributed by atoms with E-state index in [1.807, 2.05) is 0 Å². The summed E-state index contributed by atoms with van der Waals surface area (Å²) in [7, 11) is 4.26.